The molecule has 1 aromatic carbocycles. The predicted molar refractivity (Wildman–Crippen MR) is 74.2 cm³/mol. The van der Waals surface area contributed by atoms with Crippen molar-refractivity contribution in [3.05, 3.63) is 34.3 Å². The summed E-state index contributed by atoms with van der Waals surface area (Å²) < 4.78 is 6.05. The quantitative estimate of drug-likeness (QED) is 0.495. The van der Waals surface area contributed by atoms with Crippen molar-refractivity contribution in [3.63, 3.8) is 0 Å². The molecule has 1 aromatic rings. The topological polar surface area (TPSA) is 45.7 Å². The summed E-state index contributed by atoms with van der Waals surface area (Å²) in [6, 6.07) is 8.17. The highest BCUT2D eigenvalue weighted by molar-refractivity contribution is 9.10. The minimum atomic E-state index is 0.664. The maximum Gasteiger partial charge on any atom is 0.191 e. The number of nitrogens with zero attached hydrogens (tertiary/aromatic N) is 1. The molecule has 0 atom stereocenters. The van der Waals surface area contributed by atoms with Gasteiger partial charge in [-0.05, 0) is 17.7 Å². The Morgan fingerprint density at radius 2 is 2.24 bits per heavy atom. The summed E-state index contributed by atoms with van der Waals surface area (Å²) in [6.07, 6.45) is 0. The van der Waals surface area contributed by atoms with Gasteiger partial charge in [-0.25, -0.2) is 0 Å². The average molecular weight is 300 g/mol. The Labute approximate surface area is 111 Å². The van der Waals surface area contributed by atoms with Crippen molar-refractivity contribution in [2.75, 3.05) is 27.3 Å². The Hall–Kier alpha value is -1.07. The van der Waals surface area contributed by atoms with Gasteiger partial charge in [-0.2, -0.15) is 0 Å². The van der Waals surface area contributed by atoms with E-state index in [1.807, 2.05) is 12.1 Å². The largest absolute Gasteiger partial charge is 0.383 e. The van der Waals surface area contributed by atoms with Gasteiger partial charge < -0.3 is 15.4 Å². The van der Waals surface area contributed by atoms with E-state index in [1.165, 1.54) is 5.56 Å². The van der Waals surface area contributed by atoms with Crippen LogP contribution in [0.2, 0.25) is 0 Å². The number of rotatable bonds is 5. The monoisotopic (exact) mass is 299 g/mol. The first-order valence-corrected chi connectivity index (χ1v) is 6.23. The summed E-state index contributed by atoms with van der Waals surface area (Å²) in [5.41, 5.74) is 1.20. The third kappa shape index (κ3) is 5.70. The number of aliphatic imine (C=N–C) groups is 1. The van der Waals surface area contributed by atoms with Crippen molar-refractivity contribution < 1.29 is 4.74 Å². The fourth-order valence-electron chi connectivity index (χ4n) is 1.32. The van der Waals surface area contributed by atoms with Crippen LogP contribution in [-0.4, -0.2) is 33.3 Å². The van der Waals surface area contributed by atoms with Gasteiger partial charge in [0.1, 0.15) is 0 Å². The highest BCUT2D eigenvalue weighted by Crippen LogP contribution is 2.11. The van der Waals surface area contributed by atoms with E-state index in [1.54, 1.807) is 14.2 Å². The minimum Gasteiger partial charge on any atom is -0.383 e. The van der Waals surface area contributed by atoms with E-state index in [9.17, 15) is 0 Å². The van der Waals surface area contributed by atoms with Crippen molar-refractivity contribution in [2.45, 2.75) is 6.54 Å². The number of ether oxygens (including phenoxy) is 1. The molecule has 0 saturated carbocycles. The first-order chi connectivity index (χ1) is 8.26. The zero-order valence-electron chi connectivity index (χ0n) is 10.2. The normalized spacial score (nSPS) is 11.4. The number of halogens is 1. The Bertz CT molecular complexity index is 369. The molecule has 0 amide bonds. The molecule has 0 unspecified atom stereocenters. The molecule has 0 spiro atoms. The smallest absolute Gasteiger partial charge is 0.191 e. The number of benzene rings is 1. The summed E-state index contributed by atoms with van der Waals surface area (Å²) in [6.45, 7) is 2.15. The third-order valence-electron chi connectivity index (χ3n) is 2.17. The van der Waals surface area contributed by atoms with Crippen LogP contribution >= 0.6 is 15.9 Å². The second kappa shape index (κ2) is 8.08. The maximum atomic E-state index is 4.96. The number of guanidine groups is 1. The molecule has 0 aliphatic carbocycles. The fourth-order valence-corrected chi connectivity index (χ4v) is 1.77. The molecule has 0 heterocycles. The molecular formula is C12H18BrN3O. The Morgan fingerprint density at radius 1 is 1.41 bits per heavy atom. The third-order valence-corrected chi connectivity index (χ3v) is 2.66. The van der Waals surface area contributed by atoms with E-state index in [4.69, 9.17) is 4.74 Å². The summed E-state index contributed by atoms with van der Waals surface area (Å²) in [5.74, 6) is 0.780. The lowest BCUT2D eigenvalue weighted by Gasteiger charge is -2.11. The molecule has 1 rings (SSSR count). The van der Waals surface area contributed by atoms with Crippen molar-refractivity contribution >= 4 is 21.9 Å². The van der Waals surface area contributed by atoms with Crippen molar-refractivity contribution in [1.29, 1.82) is 0 Å². The van der Waals surface area contributed by atoms with Crippen LogP contribution in [0.3, 0.4) is 0 Å². The molecule has 0 bridgehead atoms. The molecule has 4 nitrogen and oxygen atoms in total. The number of methoxy groups -OCH3 is 1. The Morgan fingerprint density at radius 3 is 2.88 bits per heavy atom. The Balaban J connectivity index is 2.37. The molecule has 0 saturated heterocycles. The summed E-state index contributed by atoms with van der Waals surface area (Å²) >= 11 is 3.45. The number of hydrogen-bond donors (Lipinski definition) is 2. The first-order valence-electron chi connectivity index (χ1n) is 5.44. The van der Waals surface area contributed by atoms with Crippen molar-refractivity contribution in [1.82, 2.24) is 10.6 Å². The second-order valence-electron chi connectivity index (χ2n) is 3.48. The van der Waals surface area contributed by atoms with E-state index in [0.29, 0.717) is 6.61 Å². The molecule has 0 aliphatic rings. The van der Waals surface area contributed by atoms with Gasteiger partial charge >= 0.3 is 0 Å². The maximum absolute atomic E-state index is 4.96. The molecule has 0 radical (unpaired) electrons. The van der Waals surface area contributed by atoms with Gasteiger partial charge in [-0.15, -0.1) is 0 Å². The fraction of sp³-hybridized carbons (Fsp3) is 0.417. The van der Waals surface area contributed by atoms with E-state index < -0.39 is 0 Å². The molecule has 94 valence electrons. The molecular weight excluding hydrogens is 282 g/mol. The summed E-state index contributed by atoms with van der Waals surface area (Å²) in [5, 5.41) is 6.39. The van der Waals surface area contributed by atoms with Crippen LogP contribution in [0.15, 0.2) is 33.7 Å². The van der Waals surface area contributed by atoms with Crippen LogP contribution < -0.4 is 10.6 Å². The lowest BCUT2D eigenvalue weighted by atomic mass is 10.2. The van der Waals surface area contributed by atoms with Crippen LogP contribution in [-0.2, 0) is 11.3 Å². The molecule has 17 heavy (non-hydrogen) atoms. The van der Waals surface area contributed by atoms with Gasteiger partial charge in [0.15, 0.2) is 5.96 Å². The summed E-state index contributed by atoms with van der Waals surface area (Å²) in [7, 11) is 3.43. The molecule has 0 aromatic heterocycles. The van der Waals surface area contributed by atoms with Gasteiger partial charge in [-0.3, -0.25) is 4.99 Å². The molecule has 0 fully saturated rings. The average Bonchev–Trinajstić information content (AvgIpc) is 2.34. The van der Waals surface area contributed by atoms with E-state index in [0.717, 1.165) is 23.5 Å². The van der Waals surface area contributed by atoms with Gasteiger partial charge in [0.25, 0.3) is 0 Å². The van der Waals surface area contributed by atoms with Gasteiger partial charge in [0.05, 0.1) is 6.61 Å². The van der Waals surface area contributed by atoms with Crippen LogP contribution in [0.25, 0.3) is 0 Å². The van der Waals surface area contributed by atoms with Gasteiger partial charge in [-0.1, -0.05) is 28.1 Å². The zero-order chi connectivity index (χ0) is 12.5. The minimum absolute atomic E-state index is 0.664. The van der Waals surface area contributed by atoms with Crippen LogP contribution in [0, 0.1) is 0 Å². The molecule has 0 aliphatic heterocycles. The summed E-state index contributed by atoms with van der Waals surface area (Å²) in [4.78, 5) is 4.12. The van der Waals surface area contributed by atoms with Crippen LogP contribution in [0.1, 0.15) is 5.56 Å². The standard InChI is InChI=1S/C12H18BrN3O/c1-14-12(15-6-7-17-2)16-9-10-4-3-5-11(13)8-10/h3-5,8H,6-7,9H2,1-2H3,(H2,14,15,16). The van der Waals surface area contributed by atoms with Gasteiger partial charge in [0, 0.05) is 31.7 Å². The van der Waals surface area contributed by atoms with E-state index in [-0.39, 0.29) is 0 Å². The van der Waals surface area contributed by atoms with E-state index in [2.05, 4.69) is 43.7 Å². The van der Waals surface area contributed by atoms with E-state index >= 15 is 0 Å². The zero-order valence-corrected chi connectivity index (χ0v) is 11.8. The second-order valence-corrected chi connectivity index (χ2v) is 4.39. The predicted octanol–water partition coefficient (Wildman–Crippen LogP) is 1.76. The number of hydrogen-bond acceptors (Lipinski definition) is 2. The molecule has 2 N–H and O–H groups in total. The highest BCUT2D eigenvalue weighted by Gasteiger charge is 1.98. The Kier molecular flexibility index (Phi) is 6.65. The first kappa shape index (κ1) is 14.0. The molecule has 5 heteroatoms. The SMILES string of the molecule is CN=C(NCCOC)NCc1cccc(Br)c1. The van der Waals surface area contributed by atoms with Crippen LogP contribution in [0.5, 0.6) is 0 Å². The van der Waals surface area contributed by atoms with Crippen molar-refractivity contribution in [3.8, 4) is 0 Å². The van der Waals surface area contributed by atoms with Gasteiger partial charge in [0.2, 0.25) is 0 Å². The lowest BCUT2D eigenvalue weighted by Crippen LogP contribution is -2.38. The number of nitrogens with one attached hydrogen (secondary N) is 2. The highest BCUT2D eigenvalue weighted by atomic mass is 79.9. The van der Waals surface area contributed by atoms with Crippen molar-refractivity contribution in [2.24, 2.45) is 4.99 Å². The lowest BCUT2D eigenvalue weighted by molar-refractivity contribution is 0.203. The van der Waals surface area contributed by atoms with Crippen LogP contribution in [0.4, 0.5) is 0 Å².